The van der Waals surface area contributed by atoms with Crippen molar-refractivity contribution in [1.82, 2.24) is 15.1 Å². The molecular formula is C25H31N3O2. The number of rotatable bonds is 7. The maximum Gasteiger partial charge on any atom is 0.251 e. The summed E-state index contributed by atoms with van der Waals surface area (Å²) in [7, 11) is 0. The summed E-state index contributed by atoms with van der Waals surface area (Å²) in [6, 6.07) is 18.6. The van der Waals surface area contributed by atoms with Crippen LogP contribution in [0, 0.1) is 0 Å². The number of piperidine rings is 1. The lowest BCUT2D eigenvalue weighted by atomic mass is 10.0. The summed E-state index contributed by atoms with van der Waals surface area (Å²) >= 11 is 0. The Hall–Kier alpha value is -2.66. The Labute approximate surface area is 179 Å². The maximum atomic E-state index is 12.8. The van der Waals surface area contributed by atoms with Crippen LogP contribution in [0.5, 0.6) is 0 Å². The van der Waals surface area contributed by atoms with Crippen LogP contribution in [0.3, 0.4) is 0 Å². The van der Waals surface area contributed by atoms with Crippen molar-refractivity contribution in [1.29, 1.82) is 0 Å². The van der Waals surface area contributed by atoms with Gasteiger partial charge in [-0.1, -0.05) is 48.9 Å². The quantitative estimate of drug-likeness (QED) is 0.766. The van der Waals surface area contributed by atoms with Crippen molar-refractivity contribution >= 4 is 11.8 Å². The van der Waals surface area contributed by atoms with Crippen molar-refractivity contribution in [2.24, 2.45) is 0 Å². The summed E-state index contributed by atoms with van der Waals surface area (Å²) in [6.45, 7) is 4.08. The molecule has 2 amide bonds. The van der Waals surface area contributed by atoms with E-state index < -0.39 is 0 Å². The van der Waals surface area contributed by atoms with Crippen molar-refractivity contribution in [3.8, 4) is 0 Å². The molecule has 30 heavy (non-hydrogen) atoms. The smallest absolute Gasteiger partial charge is 0.251 e. The van der Waals surface area contributed by atoms with Crippen molar-refractivity contribution < 1.29 is 9.59 Å². The zero-order chi connectivity index (χ0) is 20.8. The number of nitrogens with zero attached hydrogens (tertiary/aromatic N) is 2. The van der Waals surface area contributed by atoms with Gasteiger partial charge >= 0.3 is 0 Å². The largest absolute Gasteiger partial charge is 0.350 e. The van der Waals surface area contributed by atoms with Gasteiger partial charge in [0.1, 0.15) is 0 Å². The third-order valence-corrected chi connectivity index (χ3v) is 6.21. The Morgan fingerprint density at radius 1 is 0.933 bits per heavy atom. The average molecular weight is 406 g/mol. The molecule has 2 aliphatic rings. The van der Waals surface area contributed by atoms with Gasteiger partial charge < -0.3 is 10.2 Å². The second-order valence-corrected chi connectivity index (χ2v) is 8.43. The van der Waals surface area contributed by atoms with Gasteiger partial charge in [0.25, 0.3) is 5.91 Å². The molecule has 0 bridgehead atoms. The van der Waals surface area contributed by atoms with Crippen LogP contribution in [0.15, 0.2) is 54.6 Å². The van der Waals surface area contributed by atoms with E-state index in [0.717, 1.165) is 38.0 Å². The number of hydrogen-bond donors (Lipinski definition) is 1. The number of nitrogens with one attached hydrogen (secondary N) is 1. The predicted octanol–water partition coefficient (Wildman–Crippen LogP) is 3.59. The van der Waals surface area contributed by atoms with Gasteiger partial charge in [0, 0.05) is 44.2 Å². The molecule has 2 aromatic rings. The summed E-state index contributed by atoms with van der Waals surface area (Å²) in [5.41, 5.74) is 3.01. The Morgan fingerprint density at radius 2 is 1.77 bits per heavy atom. The van der Waals surface area contributed by atoms with Gasteiger partial charge in [-0.3, -0.25) is 14.5 Å². The molecule has 0 saturated carbocycles. The molecule has 1 atom stereocenters. The second kappa shape index (κ2) is 9.90. The SMILES string of the molecule is O=C(NC[C@@H]1CCCCN1Cc1ccccc1)c1cccc(CN2CCCC2=O)c1. The number of likely N-dealkylation sites (tertiary alicyclic amines) is 2. The molecule has 2 heterocycles. The van der Waals surface area contributed by atoms with E-state index in [9.17, 15) is 9.59 Å². The lowest BCUT2D eigenvalue weighted by molar-refractivity contribution is -0.128. The molecule has 158 valence electrons. The first kappa shape index (κ1) is 20.6. The summed E-state index contributed by atoms with van der Waals surface area (Å²) in [6.07, 6.45) is 5.12. The Kier molecular flexibility index (Phi) is 6.80. The number of amides is 2. The lowest BCUT2D eigenvalue weighted by Gasteiger charge is -2.36. The highest BCUT2D eigenvalue weighted by atomic mass is 16.2. The summed E-state index contributed by atoms with van der Waals surface area (Å²) in [5, 5.41) is 3.15. The van der Waals surface area contributed by atoms with Crippen molar-refractivity contribution in [3.05, 3.63) is 71.3 Å². The van der Waals surface area contributed by atoms with E-state index in [2.05, 4.69) is 34.5 Å². The normalized spacial score (nSPS) is 19.8. The molecule has 2 saturated heterocycles. The molecular weight excluding hydrogens is 374 g/mol. The van der Waals surface area contributed by atoms with Crippen molar-refractivity contribution in [2.45, 2.75) is 51.2 Å². The van der Waals surface area contributed by atoms with Gasteiger partial charge in [0.2, 0.25) is 5.91 Å². The third kappa shape index (κ3) is 5.28. The highest BCUT2D eigenvalue weighted by molar-refractivity contribution is 5.94. The zero-order valence-electron chi connectivity index (χ0n) is 17.6. The monoisotopic (exact) mass is 405 g/mol. The van der Waals surface area contributed by atoms with Crippen molar-refractivity contribution in [3.63, 3.8) is 0 Å². The number of carbonyl (C=O) groups is 2. The van der Waals surface area contributed by atoms with E-state index in [0.29, 0.717) is 31.1 Å². The van der Waals surface area contributed by atoms with Crippen LogP contribution in [0.25, 0.3) is 0 Å². The highest BCUT2D eigenvalue weighted by Crippen LogP contribution is 2.20. The fourth-order valence-electron chi connectivity index (χ4n) is 4.53. The molecule has 2 aromatic carbocycles. The van der Waals surface area contributed by atoms with Crippen LogP contribution in [0.2, 0.25) is 0 Å². The zero-order valence-corrected chi connectivity index (χ0v) is 17.6. The van der Waals surface area contributed by atoms with Gasteiger partial charge in [-0.15, -0.1) is 0 Å². The molecule has 2 fully saturated rings. The fraction of sp³-hybridized carbons (Fsp3) is 0.440. The lowest BCUT2D eigenvalue weighted by Crippen LogP contribution is -2.46. The first-order valence-electron chi connectivity index (χ1n) is 11.1. The Bertz CT molecular complexity index is 868. The first-order valence-corrected chi connectivity index (χ1v) is 11.1. The minimum atomic E-state index is -0.0326. The number of carbonyl (C=O) groups excluding carboxylic acids is 2. The van der Waals surface area contributed by atoms with Gasteiger partial charge in [0.05, 0.1) is 0 Å². The first-order chi connectivity index (χ1) is 14.7. The second-order valence-electron chi connectivity index (χ2n) is 8.43. The van der Waals surface area contributed by atoms with Crippen LogP contribution in [-0.2, 0) is 17.9 Å². The molecule has 0 aromatic heterocycles. The van der Waals surface area contributed by atoms with Crippen LogP contribution in [0.4, 0.5) is 0 Å². The minimum Gasteiger partial charge on any atom is -0.350 e. The van der Waals surface area contributed by atoms with Gasteiger partial charge in [-0.05, 0) is 49.1 Å². The predicted molar refractivity (Wildman–Crippen MR) is 118 cm³/mol. The molecule has 1 N–H and O–H groups in total. The molecule has 0 spiro atoms. The van der Waals surface area contributed by atoms with Gasteiger partial charge in [-0.25, -0.2) is 0 Å². The van der Waals surface area contributed by atoms with E-state index in [4.69, 9.17) is 0 Å². The van der Waals surface area contributed by atoms with E-state index >= 15 is 0 Å². The van der Waals surface area contributed by atoms with E-state index in [1.807, 2.05) is 35.2 Å². The maximum absolute atomic E-state index is 12.8. The summed E-state index contributed by atoms with van der Waals surface area (Å²) < 4.78 is 0. The molecule has 0 unspecified atom stereocenters. The van der Waals surface area contributed by atoms with Crippen LogP contribution < -0.4 is 5.32 Å². The topological polar surface area (TPSA) is 52.7 Å². The number of hydrogen-bond acceptors (Lipinski definition) is 3. The van der Waals surface area contributed by atoms with E-state index in [1.54, 1.807) is 0 Å². The molecule has 5 heteroatoms. The van der Waals surface area contributed by atoms with E-state index in [1.165, 1.54) is 18.4 Å². The molecule has 2 aliphatic heterocycles. The van der Waals surface area contributed by atoms with Crippen molar-refractivity contribution in [2.75, 3.05) is 19.6 Å². The summed E-state index contributed by atoms with van der Waals surface area (Å²) in [4.78, 5) is 29.0. The molecule has 4 rings (SSSR count). The van der Waals surface area contributed by atoms with Gasteiger partial charge in [0.15, 0.2) is 0 Å². The fourth-order valence-corrected chi connectivity index (χ4v) is 4.53. The van der Waals surface area contributed by atoms with Crippen LogP contribution >= 0.6 is 0 Å². The van der Waals surface area contributed by atoms with Crippen LogP contribution in [0.1, 0.15) is 53.6 Å². The highest BCUT2D eigenvalue weighted by Gasteiger charge is 2.23. The number of benzene rings is 2. The Balaban J connectivity index is 1.34. The molecule has 5 nitrogen and oxygen atoms in total. The average Bonchev–Trinajstić information content (AvgIpc) is 3.18. The van der Waals surface area contributed by atoms with Gasteiger partial charge in [-0.2, -0.15) is 0 Å². The Morgan fingerprint density at radius 3 is 2.57 bits per heavy atom. The van der Waals surface area contributed by atoms with E-state index in [-0.39, 0.29) is 11.8 Å². The molecule has 0 aliphatic carbocycles. The van der Waals surface area contributed by atoms with Crippen LogP contribution in [-0.4, -0.2) is 47.3 Å². The minimum absolute atomic E-state index is 0.0326. The third-order valence-electron chi connectivity index (χ3n) is 6.21. The summed E-state index contributed by atoms with van der Waals surface area (Å²) in [5.74, 6) is 0.176. The molecule has 0 radical (unpaired) electrons. The standard InChI is InChI=1S/C25H31N3O2/c29-24-13-7-15-28(24)19-21-10-6-11-22(16-21)25(30)26-17-23-12-4-5-14-27(23)18-20-8-2-1-3-9-20/h1-3,6,8-11,16,23H,4-5,7,12-15,17-19H2,(H,26,30)/t23-/m0/s1.